The first-order valence-electron chi connectivity index (χ1n) is 11.7. The number of aliphatic hydroxyl groups is 1. The summed E-state index contributed by atoms with van der Waals surface area (Å²) in [6.45, 7) is 0.827. The van der Waals surface area contributed by atoms with Crippen LogP contribution in [0.4, 0.5) is 13.2 Å². The normalized spacial score (nSPS) is 20.9. The van der Waals surface area contributed by atoms with Gasteiger partial charge in [0.2, 0.25) is 0 Å². The Morgan fingerprint density at radius 2 is 1.89 bits per heavy atom. The molecule has 1 aliphatic heterocycles. The molecule has 0 saturated carbocycles. The molecule has 1 N–H and O–H groups in total. The molecule has 1 aromatic heterocycles. The fourth-order valence-corrected chi connectivity index (χ4v) is 4.31. The predicted molar refractivity (Wildman–Crippen MR) is 138 cm³/mol. The van der Waals surface area contributed by atoms with Crippen molar-refractivity contribution in [2.24, 2.45) is 5.92 Å². The number of nitrogens with zero attached hydrogens (tertiary/aromatic N) is 2. The topological polar surface area (TPSA) is 36.4 Å². The van der Waals surface area contributed by atoms with Crippen molar-refractivity contribution in [1.82, 2.24) is 9.88 Å². The molecule has 3 nitrogen and oxygen atoms in total. The van der Waals surface area contributed by atoms with E-state index in [2.05, 4.69) is 22.9 Å². The van der Waals surface area contributed by atoms with Gasteiger partial charge in [0.05, 0.1) is 12.0 Å². The van der Waals surface area contributed by atoms with Crippen molar-refractivity contribution in [2.45, 2.75) is 25.1 Å². The van der Waals surface area contributed by atoms with Gasteiger partial charge in [0.15, 0.2) is 0 Å². The van der Waals surface area contributed by atoms with E-state index in [1.165, 1.54) is 0 Å². The van der Waals surface area contributed by atoms with Crippen LogP contribution in [0, 0.1) is 17.8 Å². The van der Waals surface area contributed by atoms with Gasteiger partial charge in [0.1, 0.15) is 5.69 Å². The summed E-state index contributed by atoms with van der Waals surface area (Å²) in [5.74, 6) is 4.56. The Hall–Kier alpha value is -3.11. The number of alkyl halides is 3. The number of likely N-dealkylation sites (tertiary alicyclic amines) is 1. The summed E-state index contributed by atoms with van der Waals surface area (Å²) >= 11 is 6.05. The van der Waals surface area contributed by atoms with Gasteiger partial charge in [-0.1, -0.05) is 66.1 Å². The molecule has 0 spiro atoms. The van der Waals surface area contributed by atoms with Crippen LogP contribution in [0.5, 0.6) is 0 Å². The summed E-state index contributed by atoms with van der Waals surface area (Å²) in [5.41, 5.74) is 4.57. The highest BCUT2D eigenvalue weighted by molar-refractivity contribution is 6.31. The van der Waals surface area contributed by atoms with Crippen LogP contribution in [-0.2, 0) is 0 Å². The van der Waals surface area contributed by atoms with Gasteiger partial charge in [-0.2, -0.15) is 13.2 Å². The van der Waals surface area contributed by atoms with Crippen LogP contribution >= 0.6 is 11.6 Å². The fourth-order valence-electron chi connectivity index (χ4n) is 4.15. The van der Waals surface area contributed by atoms with Crippen LogP contribution in [0.3, 0.4) is 0 Å². The van der Waals surface area contributed by atoms with E-state index in [4.69, 9.17) is 11.6 Å². The molecular formula is C29H26ClF3N2O. The van der Waals surface area contributed by atoms with E-state index in [0.29, 0.717) is 18.8 Å². The lowest BCUT2D eigenvalue weighted by atomic mass is 9.93. The number of aliphatic hydroxyl groups excluding tert-OH is 1. The fraction of sp³-hybridized carbons (Fsp3) is 0.276. The van der Waals surface area contributed by atoms with Crippen molar-refractivity contribution in [3.63, 3.8) is 0 Å². The summed E-state index contributed by atoms with van der Waals surface area (Å²) in [5, 5.41) is 10.6. The van der Waals surface area contributed by atoms with Gasteiger partial charge < -0.3 is 5.11 Å². The Morgan fingerprint density at radius 3 is 2.58 bits per heavy atom. The first kappa shape index (κ1) is 26.0. The summed E-state index contributed by atoms with van der Waals surface area (Å²) < 4.78 is 38.6. The predicted octanol–water partition coefficient (Wildman–Crippen LogP) is 6.21. The van der Waals surface area contributed by atoms with Crippen LogP contribution in [-0.4, -0.2) is 46.9 Å². The summed E-state index contributed by atoms with van der Waals surface area (Å²) in [6, 6.07) is 11.6. The number of rotatable bonds is 4. The summed E-state index contributed by atoms with van der Waals surface area (Å²) in [6.07, 6.45) is 8.49. The number of benzene rings is 1. The van der Waals surface area contributed by atoms with Crippen molar-refractivity contribution < 1.29 is 18.3 Å². The maximum atomic E-state index is 12.9. The highest BCUT2D eigenvalue weighted by Gasteiger charge is 2.46. The first-order valence-corrected chi connectivity index (χ1v) is 12.1. The molecule has 7 heteroatoms. The van der Waals surface area contributed by atoms with Gasteiger partial charge in [-0.05, 0) is 66.3 Å². The van der Waals surface area contributed by atoms with E-state index in [9.17, 15) is 18.3 Å². The number of halogens is 4. The SMILES string of the molecule is O[C@@H]1CN(C/C=C/c2ccc(C#Cc3ccc(C4=CCC=C(Cl)C=C4)cn3)cc2)CCC1C(F)(F)F. The zero-order chi connectivity index (χ0) is 25.5. The Morgan fingerprint density at radius 1 is 1.08 bits per heavy atom. The number of allylic oxidation sites excluding steroid dienone is 6. The highest BCUT2D eigenvalue weighted by Crippen LogP contribution is 2.34. The van der Waals surface area contributed by atoms with Crippen molar-refractivity contribution in [1.29, 1.82) is 0 Å². The number of pyridine rings is 1. The van der Waals surface area contributed by atoms with Gasteiger partial charge >= 0.3 is 6.18 Å². The molecule has 4 rings (SSSR count). The second-order valence-corrected chi connectivity index (χ2v) is 9.22. The van der Waals surface area contributed by atoms with E-state index in [1.807, 2.05) is 71.7 Å². The molecule has 0 amide bonds. The molecule has 2 aromatic rings. The molecule has 2 atom stereocenters. The third-order valence-electron chi connectivity index (χ3n) is 6.18. The minimum Gasteiger partial charge on any atom is -0.391 e. The molecular weight excluding hydrogens is 485 g/mol. The molecule has 1 aliphatic carbocycles. The summed E-state index contributed by atoms with van der Waals surface area (Å²) in [4.78, 5) is 6.28. The minimum atomic E-state index is -4.34. The first-order chi connectivity index (χ1) is 17.3. The van der Waals surface area contributed by atoms with Gasteiger partial charge in [0.25, 0.3) is 0 Å². The molecule has 36 heavy (non-hydrogen) atoms. The molecule has 1 unspecified atom stereocenters. The van der Waals surface area contributed by atoms with Crippen molar-refractivity contribution in [2.75, 3.05) is 19.6 Å². The number of hydrogen-bond donors (Lipinski definition) is 1. The Labute approximate surface area is 214 Å². The lowest BCUT2D eigenvalue weighted by Gasteiger charge is -2.36. The van der Waals surface area contributed by atoms with Gasteiger partial charge in [-0.25, -0.2) is 4.98 Å². The largest absolute Gasteiger partial charge is 0.394 e. The van der Waals surface area contributed by atoms with E-state index < -0.39 is 18.2 Å². The lowest BCUT2D eigenvalue weighted by molar-refractivity contribution is -0.212. The molecule has 0 radical (unpaired) electrons. The Balaban J connectivity index is 1.29. The monoisotopic (exact) mass is 510 g/mol. The van der Waals surface area contributed by atoms with Gasteiger partial charge in [-0.3, -0.25) is 4.90 Å². The molecule has 2 aliphatic rings. The quantitative estimate of drug-likeness (QED) is 0.497. The minimum absolute atomic E-state index is 0.0257. The highest BCUT2D eigenvalue weighted by atomic mass is 35.5. The second kappa shape index (κ2) is 11.7. The second-order valence-electron chi connectivity index (χ2n) is 8.79. The third-order valence-corrected chi connectivity index (χ3v) is 6.46. The average Bonchev–Trinajstić information content (AvgIpc) is 3.07. The standard InChI is InChI=1S/C29H26ClF3N2O/c30-25-5-1-4-23(11-13-25)24-12-15-26(34-19-24)14-10-22-8-6-21(7-9-22)3-2-17-35-18-16-27(28(36)20-35)29(31,32)33/h2-9,11-13,15,19,27-28,36H,1,16-18,20H2/b3-2+/t27?,28-/m1/s1. The molecule has 0 bridgehead atoms. The van der Waals surface area contributed by atoms with Crippen LogP contribution in [0.15, 0.2) is 78.0 Å². The molecule has 186 valence electrons. The number of hydrogen-bond acceptors (Lipinski definition) is 3. The van der Waals surface area contributed by atoms with E-state index in [-0.39, 0.29) is 13.0 Å². The van der Waals surface area contributed by atoms with Gasteiger partial charge in [0, 0.05) is 29.9 Å². The maximum absolute atomic E-state index is 12.9. The Bertz CT molecular complexity index is 1230. The smallest absolute Gasteiger partial charge is 0.391 e. The van der Waals surface area contributed by atoms with E-state index in [1.54, 1.807) is 6.20 Å². The maximum Gasteiger partial charge on any atom is 0.394 e. The number of β-amino-alcohol motifs (C(OH)–C–C–N with tert-alkyl or cyclic N) is 1. The third kappa shape index (κ3) is 7.20. The molecule has 2 heterocycles. The van der Waals surface area contributed by atoms with Crippen LogP contribution in [0.1, 0.15) is 35.2 Å². The molecule has 1 saturated heterocycles. The lowest BCUT2D eigenvalue weighted by Crippen LogP contribution is -2.48. The van der Waals surface area contributed by atoms with Gasteiger partial charge in [-0.15, -0.1) is 0 Å². The molecule has 1 fully saturated rings. The van der Waals surface area contributed by atoms with Crippen molar-refractivity contribution >= 4 is 23.3 Å². The number of aromatic nitrogens is 1. The van der Waals surface area contributed by atoms with Crippen LogP contribution < -0.4 is 0 Å². The number of piperidine rings is 1. The zero-order valence-corrected chi connectivity index (χ0v) is 20.3. The van der Waals surface area contributed by atoms with Crippen LogP contribution in [0.25, 0.3) is 11.6 Å². The summed E-state index contributed by atoms with van der Waals surface area (Å²) in [7, 11) is 0. The molecule has 1 aromatic carbocycles. The van der Waals surface area contributed by atoms with E-state index in [0.717, 1.165) is 33.7 Å². The zero-order valence-electron chi connectivity index (χ0n) is 19.5. The van der Waals surface area contributed by atoms with Crippen LogP contribution in [0.2, 0.25) is 0 Å². The van der Waals surface area contributed by atoms with Crippen molar-refractivity contribution in [3.05, 3.63) is 100 Å². The Kier molecular flexibility index (Phi) is 8.48. The van der Waals surface area contributed by atoms with E-state index >= 15 is 0 Å². The average molecular weight is 511 g/mol. The van der Waals surface area contributed by atoms with Crippen molar-refractivity contribution in [3.8, 4) is 11.8 Å².